The molecular weight excluding hydrogens is 937 g/mol. The van der Waals surface area contributed by atoms with E-state index in [0.717, 1.165) is 77.0 Å². The fourth-order valence-corrected chi connectivity index (χ4v) is 9.29. The minimum Gasteiger partial charge on any atom is -0.462 e. The SMILES string of the molecule is CC/C=C\C/C=C\C/C=C\C/C=C\C/C=C\C/C=C\CCC(=O)OC(COC(=O)CCCCCCCCCCC/C=C\CCCCCCCC)COC(=O)CCCCCCCCCCCCCCCCCCCCCC. The van der Waals surface area contributed by atoms with Crippen molar-refractivity contribution < 1.29 is 28.6 Å². The Morgan fingerprint density at radius 1 is 0.276 bits per heavy atom. The van der Waals surface area contributed by atoms with Gasteiger partial charge in [0, 0.05) is 19.3 Å². The second-order valence-corrected chi connectivity index (χ2v) is 21.6. The molecule has 76 heavy (non-hydrogen) atoms. The van der Waals surface area contributed by atoms with Crippen LogP contribution in [-0.4, -0.2) is 37.2 Å². The zero-order valence-electron chi connectivity index (χ0n) is 50.3. The number of carbonyl (C=O) groups is 3. The van der Waals surface area contributed by atoms with E-state index in [0.29, 0.717) is 19.3 Å². The first-order chi connectivity index (χ1) is 37.5. The molecule has 0 N–H and O–H groups in total. The van der Waals surface area contributed by atoms with Crippen molar-refractivity contribution in [2.75, 3.05) is 13.2 Å². The van der Waals surface area contributed by atoms with E-state index in [1.165, 1.54) is 199 Å². The van der Waals surface area contributed by atoms with Crippen molar-refractivity contribution in [3.8, 4) is 0 Å². The predicted octanol–water partition coefficient (Wildman–Crippen LogP) is 22.3. The van der Waals surface area contributed by atoms with Gasteiger partial charge >= 0.3 is 17.9 Å². The largest absolute Gasteiger partial charge is 0.462 e. The number of hydrogen-bond acceptors (Lipinski definition) is 6. The Morgan fingerprint density at radius 2 is 0.539 bits per heavy atom. The molecule has 0 amide bonds. The van der Waals surface area contributed by atoms with E-state index < -0.39 is 6.10 Å². The Bertz CT molecular complexity index is 1450. The van der Waals surface area contributed by atoms with Gasteiger partial charge in [0.1, 0.15) is 13.2 Å². The van der Waals surface area contributed by atoms with Gasteiger partial charge in [-0.05, 0) is 83.5 Å². The Kier molecular flexibility index (Phi) is 61.2. The van der Waals surface area contributed by atoms with E-state index in [1.807, 2.05) is 6.08 Å². The zero-order chi connectivity index (χ0) is 55.0. The average molecular weight is 1060 g/mol. The van der Waals surface area contributed by atoms with Gasteiger partial charge in [-0.15, -0.1) is 0 Å². The standard InChI is InChI=1S/C70H122O6/c1-4-7-10-13-16-19-22-25-28-31-34-37-39-42-45-48-51-54-57-60-63-69(72)75-66-67(76-70(73)64-61-58-55-52-49-46-43-40-36-33-30-27-24-21-18-15-12-9-6-3)65-74-68(71)62-59-56-53-50-47-44-41-38-35-32-29-26-23-20-17-14-11-8-5-2/h9,12,18,21,26-27,29-30,36,40,46,49,55,58,67H,4-8,10-11,13-17,19-20,22-25,28,31-35,37-39,41-45,47-48,50-54,56-57,59-66H2,1-3H3/b12-9-,21-18-,29-26-,30-27-,40-36-,49-46-,58-55-. The van der Waals surface area contributed by atoms with Crippen molar-refractivity contribution in [1.82, 2.24) is 0 Å². The lowest BCUT2D eigenvalue weighted by atomic mass is 10.0. The number of esters is 3. The highest BCUT2D eigenvalue weighted by Gasteiger charge is 2.19. The first-order valence-electron chi connectivity index (χ1n) is 32.6. The normalized spacial score (nSPS) is 12.6. The highest BCUT2D eigenvalue weighted by molar-refractivity contribution is 5.71. The van der Waals surface area contributed by atoms with E-state index in [4.69, 9.17) is 14.2 Å². The van der Waals surface area contributed by atoms with Crippen LogP contribution < -0.4 is 0 Å². The fraction of sp³-hybridized carbons (Fsp3) is 0.757. The minimum absolute atomic E-state index is 0.104. The third kappa shape index (κ3) is 61.4. The molecule has 0 aliphatic rings. The Hall–Kier alpha value is -3.41. The predicted molar refractivity (Wildman–Crippen MR) is 330 cm³/mol. The topological polar surface area (TPSA) is 78.9 Å². The van der Waals surface area contributed by atoms with Gasteiger partial charge in [0.25, 0.3) is 0 Å². The summed E-state index contributed by atoms with van der Waals surface area (Å²) in [6, 6.07) is 0. The lowest BCUT2D eigenvalue weighted by molar-refractivity contribution is -0.166. The van der Waals surface area contributed by atoms with Crippen LogP contribution in [0.4, 0.5) is 0 Å². The third-order valence-electron chi connectivity index (χ3n) is 14.1. The molecule has 0 aromatic carbocycles. The van der Waals surface area contributed by atoms with Gasteiger partial charge in [0.2, 0.25) is 0 Å². The molecule has 0 aromatic rings. The van der Waals surface area contributed by atoms with Gasteiger partial charge in [-0.25, -0.2) is 0 Å². The Labute approximate surface area is 471 Å². The molecule has 0 rings (SSSR count). The Balaban J connectivity index is 4.45. The van der Waals surface area contributed by atoms with Gasteiger partial charge in [-0.2, -0.15) is 0 Å². The number of unbranched alkanes of at least 4 members (excludes halogenated alkanes) is 34. The monoisotopic (exact) mass is 1060 g/mol. The van der Waals surface area contributed by atoms with Crippen LogP contribution in [0.1, 0.15) is 323 Å². The summed E-state index contributed by atoms with van der Waals surface area (Å²) in [5, 5.41) is 0. The molecule has 6 nitrogen and oxygen atoms in total. The van der Waals surface area contributed by atoms with Crippen molar-refractivity contribution in [2.45, 2.75) is 329 Å². The quantitative estimate of drug-likeness (QED) is 0.0261. The van der Waals surface area contributed by atoms with Crippen LogP contribution in [0, 0.1) is 0 Å². The number of allylic oxidation sites excluding steroid dienone is 14. The fourth-order valence-electron chi connectivity index (χ4n) is 9.29. The van der Waals surface area contributed by atoms with Crippen LogP contribution in [0.25, 0.3) is 0 Å². The van der Waals surface area contributed by atoms with Crippen LogP contribution in [0.2, 0.25) is 0 Å². The summed E-state index contributed by atoms with van der Waals surface area (Å²) < 4.78 is 16.9. The minimum atomic E-state index is -0.818. The smallest absolute Gasteiger partial charge is 0.306 e. The molecule has 0 bridgehead atoms. The van der Waals surface area contributed by atoms with Crippen molar-refractivity contribution in [3.05, 3.63) is 85.1 Å². The van der Waals surface area contributed by atoms with Crippen LogP contribution in [0.5, 0.6) is 0 Å². The molecule has 0 aliphatic heterocycles. The lowest BCUT2D eigenvalue weighted by Gasteiger charge is -2.18. The summed E-state index contributed by atoms with van der Waals surface area (Å²) in [6.07, 6.45) is 84.6. The number of rotatable bonds is 59. The van der Waals surface area contributed by atoms with E-state index >= 15 is 0 Å². The number of ether oxygens (including phenoxy) is 3. The first kappa shape index (κ1) is 72.6. The van der Waals surface area contributed by atoms with Crippen LogP contribution in [0.3, 0.4) is 0 Å². The van der Waals surface area contributed by atoms with Gasteiger partial charge in [-0.3, -0.25) is 14.4 Å². The summed E-state index contributed by atoms with van der Waals surface area (Å²) in [6.45, 7) is 6.50. The van der Waals surface area contributed by atoms with Gasteiger partial charge in [-0.1, -0.05) is 305 Å². The highest BCUT2D eigenvalue weighted by atomic mass is 16.6. The molecule has 438 valence electrons. The molecule has 0 heterocycles. The molecule has 1 atom stereocenters. The molecule has 1 unspecified atom stereocenters. The maximum absolute atomic E-state index is 12.9. The lowest BCUT2D eigenvalue weighted by Crippen LogP contribution is -2.30. The van der Waals surface area contributed by atoms with Crippen molar-refractivity contribution >= 4 is 17.9 Å². The van der Waals surface area contributed by atoms with E-state index in [1.54, 1.807) is 0 Å². The van der Waals surface area contributed by atoms with Crippen molar-refractivity contribution in [1.29, 1.82) is 0 Å². The van der Waals surface area contributed by atoms with Crippen molar-refractivity contribution in [3.63, 3.8) is 0 Å². The maximum atomic E-state index is 12.9. The third-order valence-corrected chi connectivity index (χ3v) is 14.1. The highest BCUT2D eigenvalue weighted by Crippen LogP contribution is 2.17. The van der Waals surface area contributed by atoms with Crippen LogP contribution in [0.15, 0.2) is 85.1 Å². The molecule has 0 saturated heterocycles. The van der Waals surface area contributed by atoms with Gasteiger partial charge in [0.05, 0.1) is 0 Å². The molecule has 6 heteroatoms. The molecule has 0 aliphatic carbocycles. The maximum Gasteiger partial charge on any atom is 0.306 e. The van der Waals surface area contributed by atoms with Gasteiger partial charge in [0.15, 0.2) is 6.10 Å². The summed E-state index contributed by atoms with van der Waals surface area (Å²) in [5.41, 5.74) is 0. The van der Waals surface area contributed by atoms with E-state index in [2.05, 4.69) is 99.8 Å². The Morgan fingerprint density at radius 3 is 0.855 bits per heavy atom. The van der Waals surface area contributed by atoms with Crippen molar-refractivity contribution in [2.24, 2.45) is 0 Å². The zero-order valence-corrected chi connectivity index (χ0v) is 50.3. The van der Waals surface area contributed by atoms with E-state index in [9.17, 15) is 14.4 Å². The molecule has 0 saturated carbocycles. The number of carbonyl (C=O) groups excluding carboxylic acids is 3. The second kappa shape index (κ2) is 64.1. The first-order valence-corrected chi connectivity index (χ1v) is 32.6. The second-order valence-electron chi connectivity index (χ2n) is 21.6. The van der Waals surface area contributed by atoms with Crippen LogP contribution in [-0.2, 0) is 28.6 Å². The molecule has 0 fully saturated rings. The van der Waals surface area contributed by atoms with E-state index in [-0.39, 0.29) is 37.5 Å². The summed E-state index contributed by atoms with van der Waals surface area (Å²) in [4.78, 5) is 38.3. The average Bonchev–Trinajstić information content (AvgIpc) is 3.42. The van der Waals surface area contributed by atoms with Crippen LogP contribution >= 0.6 is 0 Å². The summed E-state index contributed by atoms with van der Waals surface area (Å²) >= 11 is 0. The molecule has 0 spiro atoms. The summed E-state index contributed by atoms with van der Waals surface area (Å²) in [7, 11) is 0. The van der Waals surface area contributed by atoms with Gasteiger partial charge < -0.3 is 14.2 Å². The number of hydrogen-bond donors (Lipinski definition) is 0. The molecular formula is C70H122O6. The molecule has 0 radical (unpaired) electrons. The molecule has 0 aromatic heterocycles. The summed E-state index contributed by atoms with van der Waals surface area (Å²) in [5.74, 6) is -0.976.